The maximum absolute atomic E-state index is 13.5. The van der Waals surface area contributed by atoms with Gasteiger partial charge in [0.05, 0.1) is 12.0 Å². The van der Waals surface area contributed by atoms with Crippen LogP contribution in [-0.4, -0.2) is 31.4 Å². The average molecular weight is 417 g/mol. The van der Waals surface area contributed by atoms with E-state index in [0.717, 1.165) is 27.3 Å². The number of methoxy groups -OCH3 is 1. The minimum absolute atomic E-state index is 0.283. The molecule has 3 rings (SSSR count). The van der Waals surface area contributed by atoms with E-state index in [1.165, 1.54) is 4.31 Å². The molecule has 0 aliphatic rings. The Balaban J connectivity index is 1.94. The molecule has 1 aromatic carbocycles. The maximum Gasteiger partial charge on any atom is 0.243 e. The van der Waals surface area contributed by atoms with Crippen LogP contribution in [0.3, 0.4) is 0 Å². The third kappa shape index (κ3) is 4.60. The monoisotopic (exact) mass is 416 g/mol. The normalized spacial score (nSPS) is 11.7. The zero-order valence-corrected chi connectivity index (χ0v) is 17.9. The molecule has 0 radical (unpaired) electrons. The van der Waals surface area contributed by atoms with Crippen molar-refractivity contribution < 1.29 is 13.2 Å². The Hall–Kier alpha value is -2.22. The van der Waals surface area contributed by atoms with Gasteiger partial charge in [0.2, 0.25) is 10.0 Å². The van der Waals surface area contributed by atoms with Crippen LogP contribution >= 0.6 is 11.3 Å². The molecule has 0 saturated carbocycles. The van der Waals surface area contributed by atoms with Crippen molar-refractivity contribution in [1.29, 1.82) is 0 Å². The van der Waals surface area contributed by atoms with Gasteiger partial charge in [-0.3, -0.25) is 4.98 Å². The third-order valence-electron chi connectivity index (χ3n) is 4.55. The Bertz CT molecular complexity index is 994. The van der Waals surface area contributed by atoms with Gasteiger partial charge in [-0.15, -0.1) is 11.3 Å². The summed E-state index contributed by atoms with van der Waals surface area (Å²) < 4.78 is 33.8. The van der Waals surface area contributed by atoms with Crippen molar-refractivity contribution in [3.05, 3.63) is 75.7 Å². The summed E-state index contributed by atoms with van der Waals surface area (Å²) in [7, 11) is -2.07. The summed E-state index contributed by atoms with van der Waals surface area (Å²) in [5.74, 6) is 0.719. The molecule has 0 aliphatic heterocycles. The molecule has 7 heteroatoms. The Morgan fingerprint density at radius 2 is 1.89 bits per heavy atom. The van der Waals surface area contributed by atoms with Gasteiger partial charge in [0.25, 0.3) is 0 Å². The first kappa shape index (κ1) is 20.5. The number of thiophene rings is 1. The Morgan fingerprint density at radius 3 is 2.46 bits per heavy atom. The van der Waals surface area contributed by atoms with Crippen LogP contribution in [0.25, 0.3) is 0 Å². The van der Waals surface area contributed by atoms with E-state index in [0.29, 0.717) is 17.9 Å². The summed E-state index contributed by atoms with van der Waals surface area (Å²) >= 11 is 1.64. The molecule has 0 spiro atoms. The molecule has 0 N–H and O–H groups in total. The van der Waals surface area contributed by atoms with Crippen molar-refractivity contribution >= 4 is 21.4 Å². The van der Waals surface area contributed by atoms with Gasteiger partial charge < -0.3 is 4.74 Å². The first-order valence-corrected chi connectivity index (χ1v) is 11.3. The van der Waals surface area contributed by atoms with Crippen molar-refractivity contribution in [2.45, 2.75) is 31.7 Å². The van der Waals surface area contributed by atoms with E-state index >= 15 is 0 Å². The molecule has 148 valence electrons. The van der Waals surface area contributed by atoms with E-state index in [1.54, 1.807) is 43.0 Å². The van der Waals surface area contributed by atoms with Gasteiger partial charge in [-0.25, -0.2) is 8.42 Å². The lowest BCUT2D eigenvalue weighted by Crippen LogP contribution is -2.32. The SMILES string of the molecule is COc1c(C)cc(S(=O)(=O)N(CCc2cccs2)Cc2cccnc2)cc1C. The molecule has 0 saturated heterocycles. The molecular formula is C21H24N2O3S2. The van der Waals surface area contributed by atoms with Crippen LogP contribution < -0.4 is 4.74 Å². The minimum atomic E-state index is -3.67. The number of aromatic nitrogens is 1. The fourth-order valence-electron chi connectivity index (χ4n) is 3.20. The molecule has 3 aromatic rings. The fourth-order valence-corrected chi connectivity index (χ4v) is 5.50. The zero-order valence-electron chi connectivity index (χ0n) is 16.3. The van der Waals surface area contributed by atoms with Crippen molar-refractivity contribution in [3.63, 3.8) is 0 Å². The average Bonchev–Trinajstić information content (AvgIpc) is 3.19. The lowest BCUT2D eigenvalue weighted by molar-refractivity contribution is 0.404. The van der Waals surface area contributed by atoms with Crippen molar-refractivity contribution in [2.75, 3.05) is 13.7 Å². The summed E-state index contributed by atoms with van der Waals surface area (Å²) in [6.45, 7) is 4.41. The van der Waals surface area contributed by atoms with Gasteiger partial charge >= 0.3 is 0 Å². The number of hydrogen-bond acceptors (Lipinski definition) is 5. The molecule has 28 heavy (non-hydrogen) atoms. The highest BCUT2D eigenvalue weighted by Crippen LogP contribution is 2.29. The number of hydrogen-bond donors (Lipinski definition) is 0. The van der Waals surface area contributed by atoms with Crippen LogP contribution in [0.1, 0.15) is 21.6 Å². The van der Waals surface area contributed by atoms with Gasteiger partial charge in [0, 0.05) is 30.4 Å². The molecule has 0 aliphatic carbocycles. The van der Waals surface area contributed by atoms with Gasteiger partial charge in [0.1, 0.15) is 5.75 Å². The van der Waals surface area contributed by atoms with E-state index in [4.69, 9.17) is 4.74 Å². The standard InChI is InChI=1S/C21H24N2O3S2/c1-16-12-20(13-17(2)21(16)26-3)28(24,25)23(10-8-19-7-5-11-27-19)15-18-6-4-9-22-14-18/h4-7,9,11-14H,8,10,15H2,1-3H3. The Morgan fingerprint density at radius 1 is 1.14 bits per heavy atom. The number of aryl methyl sites for hydroxylation is 2. The predicted octanol–water partition coefficient (Wildman–Crippen LogP) is 4.20. The van der Waals surface area contributed by atoms with Crippen LogP contribution in [0.5, 0.6) is 5.75 Å². The summed E-state index contributed by atoms with van der Waals surface area (Å²) in [6, 6.07) is 11.1. The highest BCUT2D eigenvalue weighted by Gasteiger charge is 2.26. The van der Waals surface area contributed by atoms with Crippen LogP contribution in [0, 0.1) is 13.8 Å². The number of ether oxygens (including phenoxy) is 1. The summed E-state index contributed by atoms with van der Waals surface area (Å²) in [5, 5.41) is 2.01. The maximum atomic E-state index is 13.5. The Kier molecular flexibility index (Phi) is 6.49. The van der Waals surface area contributed by atoms with Gasteiger partial charge in [0.15, 0.2) is 0 Å². The second-order valence-corrected chi connectivity index (χ2v) is 9.59. The third-order valence-corrected chi connectivity index (χ3v) is 7.30. The second kappa shape index (κ2) is 8.86. The number of benzene rings is 1. The Labute approximate surface area is 170 Å². The van der Waals surface area contributed by atoms with E-state index < -0.39 is 10.0 Å². The smallest absolute Gasteiger partial charge is 0.243 e. The second-order valence-electron chi connectivity index (χ2n) is 6.62. The quantitative estimate of drug-likeness (QED) is 0.552. The molecule has 0 amide bonds. The van der Waals surface area contributed by atoms with E-state index in [1.807, 2.05) is 43.5 Å². The number of sulfonamides is 1. The van der Waals surface area contributed by atoms with E-state index in [-0.39, 0.29) is 6.54 Å². The number of rotatable bonds is 8. The molecule has 2 heterocycles. The first-order valence-electron chi connectivity index (χ1n) is 8.98. The molecule has 2 aromatic heterocycles. The van der Waals surface area contributed by atoms with Crippen molar-refractivity contribution in [3.8, 4) is 5.75 Å². The summed E-state index contributed by atoms with van der Waals surface area (Å²) in [4.78, 5) is 5.57. The molecular weight excluding hydrogens is 392 g/mol. The summed E-state index contributed by atoms with van der Waals surface area (Å²) in [5.41, 5.74) is 2.47. The van der Waals surface area contributed by atoms with Crippen molar-refractivity contribution in [2.24, 2.45) is 0 Å². The zero-order chi connectivity index (χ0) is 20.1. The summed E-state index contributed by atoms with van der Waals surface area (Å²) in [6.07, 6.45) is 4.06. The topological polar surface area (TPSA) is 59.5 Å². The molecule has 5 nitrogen and oxygen atoms in total. The fraction of sp³-hybridized carbons (Fsp3) is 0.286. The number of nitrogens with zero attached hydrogens (tertiary/aromatic N) is 2. The van der Waals surface area contributed by atoms with Gasteiger partial charge in [-0.2, -0.15) is 4.31 Å². The largest absolute Gasteiger partial charge is 0.496 e. The molecule has 0 fully saturated rings. The highest BCUT2D eigenvalue weighted by atomic mass is 32.2. The molecule has 0 atom stereocenters. The molecule has 0 bridgehead atoms. The van der Waals surface area contributed by atoms with Crippen LogP contribution in [0.4, 0.5) is 0 Å². The van der Waals surface area contributed by atoms with Gasteiger partial charge in [-0.05, 0) is 66.6 Å². The van der Waals surface area contributed by atoms with Crippen LogP contribution in [0.2, 0.25) is 0 Å². The highest BCUT2D eigenvalue weighted by molar-refractivity contribution is 7.89. The predicted molar refractivity (Wildman–Crippen MR) is 112 cm³/mol. The van der Waals surface area contributed by atoms with Crippen LogP contribution in [0.15, 0.2) is 59.1 Å². The van der Waals surface area contributed by atoms with E-state index in [9.17, 15) is 8.42 Å². The number of pyridine rings is 1. The minimum Gasteiger partial charge on any atom is -0.496 e. The van der Waals surface area contributed by atoms with Crippen LogP contribution in [-0.2, 0) is 23.0 Å². The van der Waals surface area contributed by atoms with E-state index in [2.05, 4.69) is 4.98 Å². The lowest BCUT2D eigenvalue weighted by Gasteiger charge is -2.23. The van der Waals surface area contributed by atoms with Crippen molar-refractivity contribution in [1.82, 2.24) is 9.29 Å². The first-order chi connectivity index (χ1) is 13.4. The van der Waals surface area contributed by atoms with Gasteiger partial charge in [-0.1, -0.05) is 12.1 Å². The lowest BCUT2D eigenvalue weighted by atomic mass is 10.1. The molecule has 0 unspecified atom stereocenters.